The molecule has 0 aliphatic heterocycles. The van der Waals surface area contributed by atoms with Crippen molar-refractivity contribution in [1.82, 2.24) is 10.1 Å². The minimum atomic E-state index is -0.436. The quantitative estimate of drug-likeness (QED) is 0.556. The lowest BCUT2D eigenvalue weighted by Gasteiger charge is -2.07. The highest BCUT2D eigenvalue weighted by atomic mass is 16.6. The van der Waals surface area contributed by atoms with Gasteiger partial charge < -0.3 is 14.0 Å². The van der Waals surface area contributed by atoms with Crippen molar-refractivity contribution in [2.45, 2.75) is 33.5 Å². The van der Waals surface area contributed by atoms with E-state index in [0.717, 1.165) is 17.7 Å². The maximum Gasteiger partial charge on any atom is 0.338 e. The number of hydrogen-bond acceptors (Lipinski definition) is 6. The fourth-order valence-corrected chi connectivity index (χ4v) is 2.43. The number of ether oxygens (including phenoxy) is 2. The number of esters is 1. The minimum absolute atomic E-state index is 0.0389. The van der Waals surface area contributed by atoms with Gasteiger partial charge in [-0.2, -0.15) is 4.98 Å². The zero-order valence-corrected chi connectivity index (χ0v) is 15.4. The van der Waals surface area contributed by atoms with Crippen molar-refractivity contribution in [1.29, 1.82) is 0 Å². The summed E-state index contributed by atoms with van der Waals surface area (Å²) >= 11 is 0. The molecule has 0 saturated carbocycles. The first kappa shape index (κ1) is 18.6. The van der Waals surface area contributed by atoms with E-state index in [1.165, 1.54) is 0 Å². The van der Waals surface area contributed by atoms with Crippen LogP contribution in [0.4, 0.5) is 0 Å². The van der Waals surface area contributed by atoms with Crippen LogP contribution in [0.5, 0.6) is 5.75 Å². The van der Waals surface area contributed by atoms with Crippen LogP contribution in [0.3, 0.4) is 0 Å². The second-order valence-electron chi connectivity index (χ2n) is 6.58. The molecule has 0 saturated heterocycles. The average molecular weight is 366 g/mol. The summed E-state index contributed by atoms with van der Waals surface area (Å²) in [6, 6.07) is 16.7. The summed E-state index contributed by atoms with van der Waals surface area (Å²) in [5, 5.41) is 3.87. The van der Waals surface area contributed by atoms with Crippen molar-refractivity contribution >= 4 is 5.97 Å². The van der Waals surface area contributed by atoms with Crippen LogP contribution in [0.2, 0.25) is 0 Å². The van der Waals surface area contributed by atoms with Gasteiger partial charge in [-0.25, -0.2) is 4.79 Å². The highest BCUT2D eigenvalue weighted by Gasteiger charge is 2.12. The Morgan fingerprint density at radius 3 is 2.48 bits per heavy atom. The molecule has 0 unspecified atom stereocenters. The van der Waals surface area contributed by atoms with E-state index in [4.69, 9.17) is 14.0 Å². The molecule has 140 valence electrons. The Labute approximate surface area is 158 Å². The summed E-state index contributed by atoms with van der Waals surface area (Å²) in [5.74, 6) is 1.72. The third-order valence-corrected chi connectivity index (χ3v) is 3.77. The van der Waals surface area contributed by atoms with Gasteiger partial charge in [0.05, 0.1) is 5.56 Å². The van der Waals surface area contributed by atoms with Crippen LogP contribution in [0.15, 0.2) is 59.1 Å². The van der Waals surface area contributed by atoms with Crippen molar-refractivity contribution in [2.75, 3.05) is 0 Å². The molecule has 6 nitrogen and oxygen atoms in total. The molecule has 0 aliphatic carbocycles. The summed E-state index contributed by atoms with van der Waals surface area (Å²) in [7, 11) is 0. The van der Waals surface area contributed by atoms with Crippen LogP contribution in [0.1, 0.15) is 41.5 Å². The summed E-state index contributed by atoms with van der Waals surface area (Å²) in [5.41, 5.74) is 1.42. The van der Waals surface area contributed by atoms with Crippen molar-refractivity contribution in [3.8, 4) is 5.75 Å². The van der Waals surface area contributed by atoms with E-state index in [0.29, 0.717) is 29.8 Å². The molecule has 6 heteroatoms. The highest BCUT2D eigenvalue weighted by molar-refractivity contribution is 5.89. The number of carbonyl (C=O) groups is 1. The van der Waals surface area contributed by atoms with E-state index in [-0.39, 0.29) is 6.61 Å². The molecular formula is C21H22N2O4. The van der Waals surface area contributed by atoms with Crippen molar-refractivity contribution in [2.24, 2.45) is 5.92 Å². The molecule has 0 fully saturated rings. The number of rotatable bonds is 8. The molecule has 0 aliphatic rings. The van der Waals surface area contributed by atoms with Crippen molar-refractivity contribution in [3.05, 3.63) is 77.4 Å². The zero-order valence-electron chi connectivity index (χ0n) is 15.4. The van der Waals surface area contributed by atoms with Crippen LogP contribution in [-0.4, -0.2) is 16.1 Å². The molecule has 0 radical (unpaired) electrons. The van der Waals surface area contributed by atoms with Crippen LogP contribution in [0, 0.1) is 5.92 Å². The molecule has 3 aromatic rings. The number of hydrogen-bond donors (Lipinski definition) is 0. The fraction of sp³-hybridized carbons (Fsp3) is 0.286. The van der Waals surface area contributed by atoms with Gasteiger partial charge in [0.15, 0.2) is 12.4 Å². The fourth-order valence-electron chi connectivity index (χ4n) is 2.43. The van der Waals surface area contributed by atoms with E-state index in [1.54, 1.807) is 12.1 Å². The van der Waals surface area contributed by atoms with Crippen LogP contribution < -0.4 is 4.74 Å². The second-order valence-corrected chi connectivity index (χ2v) is 6.58. The van der Waals surface area contributed by atoms with Crippen molar-refractivity contribution < 1.29 is 18.8 Å². The van der Waals surface area contributed by atoms with Gasteiger partial charge in [0.1, 0.15) is 12.4 Å². The first-order valence-electron chi connectivity index (χ1n) is 8.85. The van der Waals surface area contributed by atoms with Gasteiger partial charge >= 0.3 is 5.97 Å². The van der Waals surface area contributed by atoms with E-state index in [1.807, 2.05) is 42.5 Å². The van der Waals surface area contributed by atoms with Crippen LogP contribution in [-0.2, 0) is 24.4 Å². The Bertz CT molecular complexity index is 857. The van der Waals surface area contributed by atoms with Gasteiger partial charge in [0, 0.05) is 6.42 Å². The minimum Gasteiger partial charge on any atom is -0.489 e. The van der Waals surface area contributed by atoms with E-state index >= 15 is 0 Å². The number of carbonyl (C=O) groups excluding carboxylic acids is 1. The maximum absolute atomic E-state index is 12.1. The Balaban J connectivity index is 1.49. The van der Waals surface area contributed by atoms with Gasteiger partial charge in [0.25, 0.3) is 5.89 Å². The molecule has 27 heavy (non-hydrogen) atoms. The molecule has 2 aromatic carbocycles. The van der Waals surface area contributed by atoms with Gasteiger partial charge in [-0.3, -0.25) is 0 Å². The smallest absolute Gasteiger partial charge is 0.338 e. The zero-order chi connectivity index (χ0) is 19.1. The Morgan fingerprint density at radius 2 is 1.78 bits per heavy atom. The highest BCUT2D eigenvalue weighted by Crippen LogP contribution is 2.13. The molecule has 0 amide bonds. The summed E-state index contributed by atoms with van der Waals surface area (Å²) in [6.45, 7) is 4.54. The molecule has 0 bridgehead atoms. The largest absolute Gasteiger partial charge is 0.489 e. The lowest BCUT2D eigenvalue weighted by Crippen LogP contribution is -2.06. The van der Waals surface area contributed by atoms with E-state index in [9.17, 15) is 4.79 Å². The Kier molecular flexibility index (Phi) is 6.20. The third kappa shape index (κ3) is 5.67. The van der Waals surface area contributed by atoms with Crippen LogP contribution >= 0.6 is 0 Å². The number of benzene rings is 2. The molecule has 0 N–H and O–H groups in total. The predicted octanol–water partition coefficient (Wildman–Crippen LogP) is 4.20. The summed E-state index contributed by atoms with van der Waals surface area (Å²) in [4.78, 5) is 16.4. The molecule has 0 spiro atoms. The lowest BCUT2D eigenvalue weighted by atomic mass is 10.1. The maximum atomic E-state index is 12.1. The third-order valence-electron chi connectivity index (χ3n) is 3.77. The number of aromatic nitrogens is 2. The monoisotopic (exact) mass is 366 g/mol. The first-order valence-corrected chi connectivity index (χ1v) is 8.85. The van der Waals surface area contributed by atoms with Gasteiger partial charge in [-0.15, -0.1) is 0 Å². The summed E-state index contributed by atoms with van der Waals surface area (Å²) in [6.07, 6.45) is 0.726. The Morgan fingerprint density at radius 1 is 1.04 bits per heavy atom. The van der Waals surface area contributed by atoms with Gasteiger partial charge in [-0.1, -0.05) is 49.3 Å². The average Bonchev–Trinajstić information content (AvgIpc) is 3.12. The molecule has 0 atom stereocenters. The first-order chi connectivity index (χ1) is 13.1. The second kappa shape index (κ2) is 8.98. The lowest BCUT2D eigenvalue weighted by molar-refractivity contribution is 0.0429. The topological polar surface area (TPSA) is 74.5 Å². The predicted molar refractivity (Wildman–Crippen MR) is 99.2 cm³/mol. The number of para-hydroxylation sites is 1. The molecule has 1 aromatic heterocycles. The SMILES string of the molecule is CC(C)Cc1noc(COC(=O)c2ccc(COc3ccccc3)cc2)n1. The van der Waals surface area contributed by atoms with E-state index in [2.05, 4.69) is 24.0 Å². The van der Waals surface area contributed by atoms with Crippen LogP contribution in [0.25, 0.3) is 0 Å². The molecule has 1 heterocycles. The van der Waals surface area contributed by atoms with Crippen molar-refractivity contribution in [3.63, 3.8) is 0 Å². The normalized spacial score (nSPS) is 10.8. The van der Waals surface area contributed by atoms with Gasteiger partial charge in [-0.05, 0) is 35.7 Å². The Hall–Kier alpha value is -3.15. The molecule has 3 rings (SSSR count). The number of nitrogens with zero attached hydrogens (tertiary/aromatic N) is 2. The summed E-state index contributed by atoms with van der Waals surface area (Å²) < 4.78 is 16.0. The standard InChI is InChI=1S/C21H22N2O4/c1-15(2)12-19-22-20(27-23-19)14-26-21(24)17-10-8-16(9-11-17)13-25-18-6-4-3-5-7-18/h3-11,15H,12-14H2,1-2H3. The van der Waals surface area contributed by atoms with E-state index < -0.39 is 5.97 Å². The molecular weight excluding hydrogens is 344 g/mol. The van der Waals surface area contributed by atoms with Gasteiger partial charge in [0.2, 0.25) is 0 Å².